The Labute approximate surface area is 304 Å². The Morgan fingerprint density at radius 3 is 2.08 bits per heavy atom. The second-order valence-corrected chi connectivity index (χ2v) is 14.1. The molecule has 0 radical (unpaired) electrons. The highest BCUT2D eigenvalue weighted by Crippen LogP contribution is 2.64. The summed E-state index contributed by atoms with van der Waals surface area (Å²) in [7, 11) is 1.64. The maximum atomic E-state index is 14.9. The van der Waals surface area contributed by atoms with Crippen molar-refractivity contribution in [2.45, 2.75) is 33.6 Å². The Morgan fingerprint density at radius 1 is 0.780 bits per heavy atom. The Morgan fingerprint density at radius 2 is 1.42 bits per heavy atom. The van der Waals surface area contributed by atoms with E-state index in [9.17, 15) is 14.7 Å². The highest BCUT2D eigenvalue weighted by Gasteiger charge is 2.71. The number of halogens is 1. The summed E-state index contributed by atoms with van der Waals surface area (Å²) in [6.07, 6.45) is -0.620. The number of nitrogens with one attached hydrogen (secondary N) is 1. The Kier molecular flexibility index (Phi) is 8.58. The number of aliphatic hydroxyl groups excluding tert-OH is 1. The summed E-state index contributed by atoms with van der Waals surface area (Å²) in [6.45, 7) is 0.0655. The number of nitrogens with zero attached hydrogens (tertiary/aromatic N) is 1. The molecule has 0 unspecified atom stereocenters. The van der Waals surface area contributed by atoms with Crippen LogP contribution in [-0.4, -0.2) is 52.2 Å². The van der Waals surface area contributed by atoms with Crippen LogP contribution >= 0.6 is 22.6 Å². The number of amides is 1. The van der Waals surface area contributed by atoms with Gasteiger partial charge in [0.05, 0.1) is 29.7 Å². The number of hydrogen-bond donors (Lipinski definition) is 2. The van der Waals surface area contributed by atoms with Crippen LogP contribution in [-0.2, 0) is 19.7 Å². The van der Waals surface area contributed by atoms with Crippen LogP contribution in [0, 0.1) is 0 Å². The van der Waals surface area contributed by atoms with Crippen LogP contribution in [0.2, 0.25) is 0 Å². The van der Waals surface area contributed by atoms with Crippen molar-refractivity contribution in [2.75, 3.05) is 25.6 Å². The molecule has 3 aliphatic heterocycles. The van der Waals surface area contributed by atoms with Crippen molar-refractivity contribution in [3.63, 3.8) is 0 Å². The maximum Gasteiger partial charge on any atom is 0.325 e. The molecule has 8 nitrogen and oxygen atoms in total. The van der Waals surface area contributed by atoms with Gasteiger partial charge in [-0.15, -0.1) is 0 Å². The van der Waals surface area contributed by atoms with Gasteiger partial charge in [-0.2, -0.15) is 0 Å². The van der Waals surface area contributed by atoms with E-state index in [2.05, 4.69) is 51.0 Å². The second kappa shape index (κ2) is 13.2. The van der Waals surface area contributed by atoms with Crippen molar-refractivity contribution >= 4 is 40.2 Å². The number of carbonyl (C=O) groups is 2. The molecule has 0 aromatic heterocycles. The third-order valence-electron chi connectivity index (χ3n) is 10.2. The lowest BCUT2D eigenvalue weighted by Crippen LogP contribution is -2.51. The summed E-state index contributed by atoms with van der Waals surface area (Å²) in [6, 6.07) is 39.8. The SMILES string of the molecule is COc1ccc(-c2ccc3c(c2)[C@]2(C(=O)N3)[C@H](c3ccc(OCCO)cc3)N3[C@H](c4ccccc4)[C@H](c4ccccc4)OC(=O)[C@H]3[C@@H]2I)cc1. The third-order valence-corrected chi connectivity index (χ3v) is 11.9. The topological polar surface area (TPSA) is 97.3 Å². The van der Waals surface area contributed by atoms with E-state index in [0.29, 0.717) is 5.75 Å². The zero-order valence-electron chi connectivity index (χ0n) is 27.2. The lowest BCUT2D eigenvalue weighted by atomic mass is 9.71. The van der Waals surface area contributed by atoms with E-state index in [-0.39, 0.29) is 25.1 Å². The molecule has 2 fully saturated rings. The van der Waals surface area contributed by atoms with E-state index in [0.717, 1.165) is 44.8 Å². The summed E-state index contributed by atoms with van der Waals surface area (Å²) in [5, 5.41) is 12.6. The number of hydrogen-bond acceptors (Lipinski definition) is 7. The van der Waals surface area contributed by atoms with E-state index in [1.165, 1.54) is 0 Å². The lowest BCUT2D eigenvalue weighted by molar-refractivity contribution is -0.175. The Balaban J connectivity index is 1.36. The molecule has 0 aliphatic carbocycles. The zero-order valence-corrected chi connectivity index (χ0v) is 29.4. The highest BCUT2D eigenvalue weighted by atomic mass is 127. The smallest absolute Gasteiger partial charge is 0.325 e. The molecule has 3 aliphatic rings. The maximum absolute atomic E-state index is 14.9. The zero-order chi connectivity index (χ0) is 34.4. The van der Waals surface area contributed by atoms with Crippen LogP contribution in [0.25, 0.3) is 11.1 Å². The normalized spacial score (nSPS) is 25.5. The quantitative estimate of drug-likeness (QED) is 0.0979. The van der Waals surface area contributed by atoms with E-state index in [1.807, 2.05) is 109 Å². The van der Waals surface area contributed by atoms with Crippen molar-refractivity contribution in [1.29, 1.82) is 0 Å². The molecule has 0 bridgehead atoms. The molecule has 6 atom stereocenters. The van der Waals surface area contributed by atoms with E-state index < -0.39 is 33.6 Å². The van der Waals surface area contributed by atoms with Crippen LogP contribution in [0.15, 0.2) is 127 Å². The molecule has 8 rings (SSSR count). The molecule has 2 saturated heterocycles. The standard InChI is InChI=1S/C41H35IN2O6/c1-48-30-17-12-25(13-18-30)29-16-21-33-32(24-29)41(40(47)43-33)37(42)35-39(46)50-36(27-10-6-3-7-11-27)34(26-8-4-2-5-9-26)44(35)38(41)28-14-19-31(20-15-28)49-23-22-45/h2-21,24,34-38,45H,22-23H2,1H3,(H,43,47)/t34-,35-,36+,37+,38+,41-/m1/s1. The van der Waals surface area contributed by atoms with E-state index >= 15 is 0 Å². The van der Waals surface area contributed by atoms with Gasteiger partial charge in [0.25, 0.3) is 0 Å². The number of alkyl halides is 1. The molecule has 0 saturated carbocycles. The number of esters is 1. The number of anilines is 1. The van der Waals surface area contributed by atoms with Gasteiger partial charge < -0.3 is 24.6 Å². The number of ether oxygens (including phenoxy) is 3. The Bertz CT molecular complexity index is 2020. The third kappa shape index (κ3) is 5.18. The van der Waals surface area contributed by atoms with Crippen molar-refractivity contribution in [1.82, 2.24) is 4.90 Å². The fourth-order valence-electron chi connectivity index (χ4n) is 8.02. The number of methoxy groups -OCH3 is 1. The van der Waals surface area contributed by atoms with Gasteiger partial charge >= 0.3 is 5.97 Å². The molecular weight excluding hydrogens is 743 g/mol. The predicted octanol–water partition coefficient (Wildman–Crippen LogP) is 7.19. The molecular formula is C41H35IN2O6. The minimum atomic E-state index is -1.17. The lowest BCUT2D eigenvalue weighted by Gasteiger charge is -2.46. The summed E-state index contributed by atoms with van der Waals surface area (Å²) in [5.41, 5.74) is 5.06. The average molecular weight is 779 g/mol. The van der Waals surface area contributed by atoms with Gasteiger partial charge in [0.1, 0.15) is 35.7 Å². The summed E-state index contributed by atoms with van der Waals surface area (Å²) >= 11 is 2.33. The highest BCUT2D eigenvalue weighted by molar-refractivity contribution is 14.1. The monoisotopic (exact) mass is 778 g/mol. The average Bonchev–Trinajstić information content (AvgIpc) is 3.61. The summed E-state index contributed by atoms with van der Waals surface area (Å²) in [5.74, 6) is 0.848. The van der Waals surface area contributed by atoms with Gasteiger partial charge in [-0.3, -0.25) is 14.5 Å². The number of morpholine rings is 1. The van der Waals surface area contributed by atoms with E-state index in [1.54, 1.807) is 7.11 Å². The van der Waals surface area contributed by atoms with Crippen molar-refractivity contribution < 1.29 is 28.9 Å². The fourth-order valence-corrected chi connectivity index (χ4v) is 9.65. The number of benzene rings is 5. The largest absolute Gasteiger partial charge is 0.497 e. The summed E-state index contributed by atoms with van der Waals surface area (Å²) in [4.78, 5) is 31.6. The first-order valence-corrected chi connectivity index (χ1v) is 17.9. The van der Waals surface area contributed by atoms with Crippen LogP contribution < -0.4 is 14.8 Å². The predicted molar refractivity (Wildman–Crippen MR) is 198 cm³/mol. The van der Waals surface area contributed by atoms with Gasteiger partial charge in [-0.25, -0.2) is 0 Å². The first-order valence-electron chi connectivity index (χ1n) is 16.6. The minimum Gasteiger partial charge on any atom is -0.497 e. The molecule has 2 N–H and O–H groups in total. The van der Waals surface area contributed by atoms with Gasteiger partial charge in [0, 0.05) is 5.69 Å². The van der Waals surface area contributed by atoms with Gasteiger partial charge in [0.15, 0.2) is 0 Å². The fraction of sp³-hybridized carbons (Fsp3) is 0.220. The molecule has 1 amide bonds. The van der Waals surface area contributed by atoms with Crippen LogP contribution in [0.3, 0.4) is 0 Å². The molecule has 1 spiro atoms. The number of carbonyl (C=O) groups excluding carboxylic acids is 2. The second-order valence-electron chi connectivity index (χ2n) is 12.8. The number of rotatable bonds is 8. The van der Waals surface area contributed by atoms with Crippen molar-refractivity contribution in [3.05, 3.63) is 150 Å². The van der Waals surface area contributed by atoms with Crippen LogP contribution in [0.5, 0.6) is 11.5 Å². The first kappa shape index (κ1) is 32.5. The van der Waals surface area contributed by atoms with Crippen LogP contribution in [0.1, 0.15) is 40.4 Å². The van der Waals surface area contributed by atoms with Gasteiger partial charge in [0.2, 0.25) is 5.91 Å². The Hall–Kier alpha value is -4.71. The van der Waals surface area contributed by atoms with Gasteiger partial charge in [-0.1, -0.05) is 114 Å². The van der Waals surface area contributed by atoms with Crippen molar-refractivity contribution in [3.8, 4) is 22.6 Å². The molecule has 252 valence electrons. The molecule has 3 heterocycles. The van der Waals surface area contributed by atoms with Crippen LogP contribution in [0.4, 0.5) is 5.69 Å². The number of cyclic esters (lactones) is 1. The van der Waals surface area contributed by atoms with E-state index in [4.69, 9.17) is 14.2 Å². The molecule has 9 heteroatoms. The minimum absolute atomic E-state index is 0.102. The van der Waals surface area contributed by atoms with Crippen molar-refractivity contribution in [2.24, 2.45) is 0 Å². The summed E-state index contributed by atoms with van der Waals surface area (Å²) < 4.78 is 17.1. The number of aliphatic hydroxyl groups is 1. The van der Waals surface area contributed by atoms with Gasteiger partial charge in [-0.05, 0) is 69.8 Å². The molecule has 50 heavy (non-hydrogen) atoms. The number of fused-ring (bicyclic) bond motifs is 3. The molecule has 5 aromatic rings. The molecule has 5 aromatic carbocycles. The first-order chi connectivity index (χ1) is 24.4.